The number of methoxy groups -OCH3 is 3. The molecule has 0 N–H and O–H groups in total. The zero-order chi connectivity index (χ0) is 23.4. The van der Waals surface area contributed by atoms with Gasteiger partial charge in [-0.1, -0.05) is 6.92 Å². The van der Waals surface area contributed by atoms with Crippen LogP contribution in [0.25, 0.3) is 16.8 Å². The summed E-state index contributed by atoms with van der Waals surface area (Å²) in [4.78, 5) is 15.6. The fourth-order valence-electron chi connectivity index (χ4n) is 4.49. The number of nitrogens with zero attached hydrogens (tertiary/aromatic N) is 5. The molecule has 0 spiro atoms. The van der Waals surface area contributed by atoms with Crippen molar-refractivity contribution in [3.63, 3.8) is 0 Å². The Morgan fingerprint density at radius 2 is 1.88 bits per heavy atom. The maximum Gasteiger partial charge on any atom is 0.254 e. The molecule has 3 aromatic rings. The van der Waals surface area contributed by atoms with Crippen LogP contribution >= 0.6 is 0 Å². The lowest BCUT2D eigenvalue weighted by atomic mass is 9.96. The summed E-state index contributed by atoms with van der Waals surface area (Å²) >= 11 is 0. The third-order valence-corrected chi connectivity index (χ3v) is 6.15. The Morgan fingerprint density at radius 1 is 1.06 bits per heavy atom. The second kappa shape index (κ2) is 9.89. The third-order valence-electron chi connectivity index (χ3n) is 6.15. The standard InChI is InChI=1S/C24H29N5O4/c1-5-18-8-6-7-11-28(18)24(30)17-12-16(13-19(14-17)29-15-25-26-27-29)20-9-10-21(31-2)23(33-4)22(20)32-3/h9-10,12-15,18H,5-8,11H2,1-4H3. The van der Waals surface area contributed by atoms with Crippen molar-refractivity contribution in [2.24, 2.45) is 0 Å². The van der Waals surface area contributed by atoms with Gasteiger partial charge in [-0.15, -0.1) is 5.10 Å². The van der Waals surface area contributed by atoms with Crippen LogP contribution in [0, 0.1) is 0 Å². The maximum atomic E-state index is 13.6. The Morgan fingerprint density at radius 3 is 2.55 bits per heavy atom. The van der Waals surface area contributed by atoms with Crippen molar-refractivity contribution in [1.29, 1.82) is 0 Å². The normalized spacial score (nSPS) is 15.9. The molecule has 0 bridgehead atoms. The van der Waals surface area contributed by atoms with Crippen LogP contribution in [0.2, 0.25) is 0 Å². The number of hydrogen-bond acceptors (Lipinski definition) is 7. The first-order valence-corrected chi connectivity index (χ1v) is 11.1. The van der Waals surface area contributed by atoms with Crippen molar-refractivity contribution in [3.05, 3.63) is 42.2 Å². The van der Waals surface area contributed by atoms with E-state index in [-0.39, 0.29) is 11.9 Å². The fourth-order valence-corrected chi connectivity index (χ4v) is 4.49. The number of ether oxygens (including phenoxy) is 3. The summed E-state index contributed by atoms with van der Waals surface area (Å²) in [6.07, 6.45) is 5.65. The van der Waals surface area contributed by atoms with Gasteiger partial charge in [0.05, 0.1) is 27.0 Å². The van der Waals surface area contributed by atoms with Crippen LogP contribution < -0.4 is 14.2 Å². The lowest BCUT2D eigenvalue weighted by Gasteiger charge is -2.35. The van der Waals surface area contributed by atoms with Crippen LogP contribution in [0.4, 0.5) is 0 Å². The van der Waals surface area contributed by atoms with Crippen molar-refractivity contribution in [1.82, 2.24) is 25.1 Å². The van der Waals surface area contributed by atoms with Gasteiger partial charge in [0.15, 0.2) is 11.5 Å². The van der Waals surface area contributed by atoms with Gasteiger partial charge < -0.3 is 19.1 Å². The van der Waals surface area contributed by atoms with Crippen LogP contribution in [0.1, 0.15) is 43.0 Å². The Balaban J connectivity index is 1.86. The minimum absolute atomic E-state index is 0.0113. The highest BCUT2D eigenvalue weighted by atomic mass is 16.5. The minimum Gasteiger partial charge on any atom is -0.493 e. The summed E-state index contributed by atoms with van der Waals surface area (Å²) in [7, 11) is 4.73. The van der Waals surface area contributed by atoms with Gasteiger partial charge in [-0.25, -0.2) is 4.68 Å². The number of hydrogen-bond donors (Lipinski definition) is 0. The highest BCUT2D eigenvalue weighted by molar-refractivity contribution is 5.97. The highest BCUT2D eigenvalue weighted by Gasteiger charge is 2.27. The molecule has 1 amide bonds. The topological polar surface area (TPSA) is 91.6 Å². The lowest BCUT2D eigenvalue weighted by molar-refractivity contribution is 0.0608. The Bertz CT molecular complexity index is 1120. The van der Waals surface area contributed by atoms with E-state index in [0.717, 1.165) is 43.4 Å². The number of carbonyl (C=O) groups excluding carboxylic acids is 1. The number of carbonyl (C=O) groups is 1. The van der Waals surface area contributed by atoms with E-state index < -0.39 is 0 Å². The number of amides is 1. The molecule has 1 saturated heterocycles. The molecule has 9 heteroatoms. The summed E-state index contributed by atoms with van der Waals surface area (Å²) in [5.41, 5.74) is 2.82. The third kappa shape index (κ3) is 4.35. The Kier molecular flexibility index (Phi) is 6.76. The molecule has 1 aromatic heterocycles. The van der Waals surface area contributed by atoms with Crippen molar-refractivity contribution < 1.29 is 19.0 Å². The molecule has 0 aliphatic carbocycles. The summed E-state index contributed by atoms with van der Waals surface area (Å²) in [6.45, 7) is 2.90. The van der Waals surface area contributed by atoms with Gasteiger partial charge in [0.25, 0.3) is 5.91 Å². The molecule has 1 fully saturated rings. The smallest absolute Gasteiger partial charge is 0.254 e. The average molecular weight is 452 g/mol. The van der Waals surface area contributed by atoms with Gasteiger partial charge in [0.1, 0.15) is 6.33 Å². The summed E-state index contributed by atoms with van der Waals surface area (Å²) < 4.78 is 18.2. The average Bonchev–Trinajstić information content (AvgIpc) is 3.42. The zero-order valence-electron chi connectivity index (χ0n) is 19.4. The van der Waals surface area contributed by atoms with E-state index >= 15 is 0 Å². The molecule has 1 unspecified atom stereocenters. The number of tetrazole rings is 1. The molecule has 9 nitrogen and oxygen atoms in total. The molecular formula is C24H29N5O4. The molecule has 0 saturated carbocycles. The molecule has 1 aliphatic heterocycles. The van der Waals surface area contributed by atoms with Gasteiger partial charge in [-0.05, 0) is 72.0 Å². The van der Waals surface area contributed by atoms with Crippen LogP contribution in [0.5, 0.6) is 17.2 Å². The first-order valence-electron chi connectivity index (χ1n) is 11.1. The van der Waals surface area contributed by atoms with Gasteiger partial charge in [-0.2, -0.15) is 0 Å². The van der Waals surface area contributed by atoms with Crippen molar-refractivity contribution in [3.8, 4) is 34.1 Å². The van der Waals surface area contributed by atoms with Gasteiger partial charge in [0.2, 0.25) is 5.75 Å². The van der Waals surface area contributed by atoms with E-state index in [1.807, 2.05) is 35.2 Å². The molecule has 0 radical (unpaired) electrons. The Labute approximate surface area is 193 Å². The van der Waals surface area contributed by atoms with Crippen molar-refractivity contribution in [2.45, 2.75) is 38.6 Å². The van der Waals surface area contributed by atoms with E-state index in [2.05, 4.69) is 22.4 Å². The number of piperidine rings is 1. The molecule has 2 aromatic carbocycles. The van der Waals surface area contributed by atoms with Crippen LogP contribution in [-0.4, -0.2) is 64.9 Å². The number of aromatic nitrogens is 4. The summed E-state index contributed by atoms with van der Waals surface area (Å²) in [6, 6.07) is 9.60. The van der Waals surface area contributed by atoms with E-state index in [9.17, 15) is 4.79 Å². The maximum absolute atomic E-state index is 13.6. The molecule has 174 valence electrons. The molecule has 4 rings (SSSR count). The summed E-state index contributed by atoms with van der Waals surface area (Å²) in [5.74, 6) is 1.58. The van der Waals surface area contributed by atoms with Gasteiger partial charge in [-0.3, -0.25) is 4.79 Å². The van der Waals surface area contributed by atoms with E-state index in [4.69, 9.17) is 14.2 Å². The summed E-state index contributed by atoms with van der Waals surface area (Å²) in [5, 5.41) is 11.5. The molecule has 1 aliphatic rings. The predicted octanol–water partition coefficient (Wildman–Crippen LogP) is 3.76. The minimum atomic E-state index is 0.0113. The van der Waals surface area contributed by atoms with E-state index in [0.29, 0.717) is 28.5 Å². The van der Waals surface area contributed by atoms with Gasteiger partial charge >= 0.3 is 0 Å². The van der Waals surface area contributed by atoms with Crippen LogP contribution in [-0.2, 0) is 0 Å². The number of likely N-dealkylation sites (tertiary alicyclic amines) is 1. The fraction of sp³-hybridized carbons (Fsp3) is 0.417. The van der Waals surface area contributed by atoms with Crippen molar-refractivity contribution >= 4 is 5.91 Å². The first kappa shape index (κ1) is 22.6. The SMILES string of the molecule is CCC1CCCCN1C(=O)c1cc(-c2ccc(OC)c(OC)c2OC)cc(-n2cnnn2)c1. The molecule has 33 heavy (non-hydrogen) atoms. The highest BCUT2D eigenvalue weighted by Crippen LogP contribution is 2.44. The Hall–Kier alpha value is -3.62. The first-order chi connectivity index (χ1) is 16.1. The largest absolute Gasteiger partial charge is 0.493 e. The second-order valence-corrected chi connectivity index (χ2v) is 7.96. The number of benzene rings is 2. The van der Waals surface area contributed by atoms with Crippen molar-refractivity contribution in [2.75, 3.05) is 27.9 Å². The monoisotopic (exact) mass is 451 g/mol. The van der Waals surface area contributed by atoms with Gasteiger partial charge in [0, 0.05) is 23.7 Å². The van der Waals surface area contributed by atoms with Crippen LogP contribution in [0.3, 0.4) is 0 Å². The second-order valence-electron chi connectivity index (χ2n) is 7.96. The molecular weight excluding hydrogens is 422 g/mol. The van der Waals surface area contributed by atoms with E-state index in [1.165, 1.54) is 6.33 Å². The predicted molar refractivity (Wildman–Crippen MR) is 123 cm³/mol. The lowest BCUT2D eigenvalue weighted by Crippen LogP contribution is -2.43. The molecule has 2 heterocycles. The quantitative estimate of drug-likeness (QED) is 0.540. The number of rotatable bonds is 7. The van der Waals surface area contributed by atoms with Crippen LogP contribution in [0.15, 0.2) is 36.7 Å². The van der Waals surface area contributed by atoms with E-state index in [1.54, 1.807) is 26.0 Å². The molecule has 1 atom stereocenters. The zero-order valence-corrected chi connectivity index (χ0v) is 19.4.